The highest BCUT2D eigenvalue weighted by atomic mass is 19.1. The molecule has 3 nitrogen and oxygen atoms in total. The van der Waals surface area contributed by atoms with E-state index in [4.69, 9.17) is 4.52 Å². The Morgan fingerprint density at radius 2 is 2.00 bits per heavy atom. The summed E-state index contributed by atoms with van der Waals surface area (Å²) in [4.78, 5) is 1.88. The van der Waals surface area contributed by atoms with Crippen molar-refractivity contribution in [3.63, 3.8) is 0 Å². The van der Waals surface area contributed by atoms with Gasteiger partial charge in [-0.25, -0.2) is 8.78 Å². The molecule has 0 aliphatic rings. The molecule has 0 N–H and O–H groups in total. The second-order valence-corrected chi connectivity index (χ2v) is 4.34. The van der Waals surface area contributed by atoms with Gasteiger partial charge in [-0.05, 0) is 20.0 Å². The molecule has 0 radical (unpaired) electrons. The van der Waals surface area contributed by atoms with Crippen LogP contribution < -0.4 is 0 Å². The predicted octanol–water partition coefficient (Wildman–Crippen LogP) is 2.89. The number of halogens is 2. The van der Waals surface area contributed by atoms with Crippen molar-refractivity contribution >= 4 is 0 Å². The van der Waals surface area contributed by atoms with E-state index < -0.39 is 11.6 Å². The Morgan fingerprint density at radius 1 is 1.22 bits per heavy atom. The molecule has 0 aliphatic carbocycles. The lowest BCUT2D eigenvalue weighted by molar-refractivity contribution is 0.297. The zero-order valence-corrected chi connectivity index (χ0v) is 10.3. The summed E-state index contributed by atoms with van der Waals surface area (Å²) >= 11 is 0. The van der Waals surface area contributed by atoms with E-state index in [0.29, 0.717) is 18.7 Å². The first-order chi connectivity index (χ1) is 8.54. The zero-order valence-electron chi connectivity index (χ0n) is 10.3. The Balaban J connectivity index is 2.00. The van der Waals surface area contributed by atoms with Gasteiger partial charge in [0.15, 0.2) is 0 Å². The number of hydrogen-bond donors (Lipinski definition) is 0. The Hall–Kier alpha value is -1.75. The molecule has 0 fully saturated rings. The van der Waals surface area contributed by atoms with Crippen molar-refractivity contribution in [2.24, 2.45) is 0 Å². The molecular formula is C13H14F2N2O. The van der Waals surface area contributed by atoms with Gasteiger partial charge in [0, 0.05) is 30.8 Å². The van der Waals surface area contributed by atoms with Crippen molar-refractivity contribution in [2.45, 2.75) is 20.0 Å². The summed E-state index contributed by atoms with van der Waals surface area (Å²) in [6.45, 7) is 2.75. The Bertz CT molecular complexity index is 540. The highest BCUT2D eigenvalue weighted by Gasteiger charge is 2.09. The van der Waals surface area contributed by atoms with Crippen molar-refractivity contribution in [3.8, 4) is 0 Å². The smallest absolute Gasteiger partial charge is 0.133 e. The number of nitrogens with zero attached hydrogens (tertiary/aromatic N) is 2. The van der Waals surface area contributed by atoms with E-state index in [9.17, 15) is 8.78 Å². The first-order valence-corrected chi connectivity index (χ1v) is 5.59. The maximum absolute atomic E-state index is 13.5. The van der Waals surface area contributed by atoms with E-state index in [1.165, 1.54) is 12.1 Å². The minimum absolute atomic E-state index is 0.387. The minimum Gasteiger partial charge on any atom is -0.361 e. The van der Waals surface area contributed by atoms with Crippen LogP contribution in [0.4, 0.5) is 8.78 Å². The van der Waals surface area contributed by atoms with Gasteiger partial charge in [-0.1, -0.05) is 11.2 Å². The molecule has 0 saturated heterocycles. The summed E-state index contributed by atoms with van der Waals surface area (Å²) in [6, 6.07) is 5.43. The Labute approximate surface area is 104 Å². The topological polar surface area (TPSA) is 29.3 Å². The van der Waals surface area contributed by atoms with E-state index in [1.54, 1.807) is 0 Å². The highest BCUT2D eigenvalue weighted by Crippen LogP contribution is 2.13. The highest BCUT2D eigenvalue weighted by molar-refractivity contribution is 5.18. The van der Waals surface area contributed by atoms with E-state index in [1.807, 2.05) is 24.9 Å². The standard InChI is InChI=1S/C13H14F2N2O/c1-9-5-12(16-18-9)8-17(2)7-10-3-4-11(14)6-13(10)15/h3-6H,7-8H2,1-2H3. The van der Waals surface area contributed by atoms with Gasteiger partial charge in [0.25, 0.3) is 0 Å². The first-order valence-electron chi connectivity index (χ1n) is 5.59. The fraction of sp³-hybridized carbons (Fsp3) is 0.308. The van der Waals surface area contributed by atoms with Crippen LogP contribution in [0.15, 0.2) is 28.8 Å². The quantitative estimate of drug-likeness (QED) is 0.837. The van der Waals surface area contributed by atoms with Crippen LogP contribution in [0, 0.1) is 18.6 Å². The molecule has 0 amide bonds. The molecule has 0 saturated carbocycles. The van der Waals surface area contributed by atoms with Gasteiger partial charge in [-0.3, -0.25) is 4.90 Å². The molecule has 0 aliphatic heterocycles. The van der Waals surface area contributed by atoms with Crippen molar-refractivity contribution in [1.82, 2.24) is 10.1 Å². The largest absolute Gasteiger partial charge is 0.361 e. The van der Waals surface area contributed by atoms with Crippen molar-refractivity contribution in [1.29, 1.82) is 0 Å². The number of benzene rings is 1. The number of aryl methyl sites for hydroxylation is 1. The van der Waals surface area contributed by atoms with E-state index in [2.05, 4.69) is 5.16 Å². The predicted molar refractivity (Wildman–Crippen MR) is 62.8 cm³/mol. The molecule has 0 unspecified atom stereocenters. The molecule has 5 heteroatoms. The maximum Gasteiger partial charge on any atom is 0.133 e. The van der Waals surface area contributed by atoms with Crippen LogP contribution in [0.25, 0.3) is 0 Å². The van der Waals surface area contributed by atoms with Gasteiger partial charge in [0.1, 0.15) is 17.4 Å². The monoisotopic (exact) mass is 252 g/mol. The molecule has 1 aromatic heterocycles. The summed E-state index contributed by atoms with van der Waals surface area (Å²) in [7, 11) is 1.84. The summed E-state index contributed by atoms with van der Waals surface area (Å²) in [5.74, 6) is -0.351. The fourth-order valence-electron chi connectivity index (χ4n) is 1.77. The van der Waals surface area contributed by atoms with Crippen LogP contribution >= 0.6 is 0 Å². The summed E-state index contributed by atoms with van der Waals surface area (Å²) < 4.78 is 31.2. The van der Waals surface area contributed by atoms with Gasteiger partial charge < -0.3 is 4.52 Å². The fourth-order valence-corrected chi connectivity index (χ4v) is 1.77. The number of aromatic nitrogens is 1. The van der Waals surface area contributed by atoms with Crippen LogP contribution in [0.3, 0.4) is 0 Å². The third-order valence-corrected chi connectivity index (χ3v) is 2.56. The molecule has 96 valence electrons. The molecule has 1 aromatic carbocycles. The molecule has 1 heterocycles. The van der Waals surface area contributed by atoms with Gasteiger partial charge in [-0.15, -0.1) is 0 Å². The number of hydrogen-bond acceptors (Lipinski definition) is 3. The molecule has 0 atom stereocenters. The lowest BCUT2D eigenvalue weighted by atomic mass is 10.2. The van der Waals surface area contributed by atoms with E-state index in [-0.39, 0.29) is 0 Å². The summed E-state index contributed by atoms with van der Waals surface area (Å²) in [5, 5.41) is 3.86. The van der Waals surface area contributed by atoms with Crippen LogP contribution in [-0.4, -0.2) is 17.1 Å². The van der Waals surface area contributed by atoms with E-state index >= 15 is 0 Å². The van der Waals surface area contributed by atoms with Crippen LogP contribution in [0.2, 0.25) is 0 Å². The number of rotatable bonds is 4. The van der Waals surface area contributed by atoms with Crippen molar-refractivity contribution in [2.75, 3.05) is 7.05 Å². The molecule has 18 heavy (non-hydrogen) atoms. The lowest BCUT2D eigenvalue weighted by Crippen LogP contribution is -2.18. The summed E-state index contributed by atoms with van der Waals surface area (Å²) in [5.41, 5.74) is 1.25. The summed E-state index contributed by atoms with van der Waals surface area (Å²) in [6.07, 6.45) is 0. The van der Waals surface area contributed by atoms with Gasteiger partial charge >= 0.3 is 0 Å². The second kappa shape index (κ2) is 5.27. The zero-order chi connectivity index (χ0) is 13.1. The van der Waals surface area contributed by atoms with E-state index in [0.717, 1.165) is 17.5 Å². The molecule has 0 bridgehead atoms. The normalized spacial score (nSPS) is 11.2. The van der Waals surface area contributed by atoms with Crippen LogP contribution in [0.1, 0.15) is 17.0 Å². The third-order valence-electron chi connectivity index (χ3n) is 2.56. The van der Waals surface area contributed by atoms with Gasteiger partial charge in [-0.2, -0.15) is 0 Å². The Kier molecular flexibility index (Phi) is 3.72. The van der Waals surface area contributed by atoms with Crippen molar-refractivity contribution < 1.29 is 13.3 Å². The van der Waals surface area contributed by atoms with Gasteiger partial charge in [0.05, 0.1) is 5.69 Å². The van der Waals surface area contributed by atoms with Gasteiger partial charge in [0.2, 0.25) is 0 Å². The minimum atomic E-state index is -0.564. The SMILES string of the molecule is Cc1cc(CN(C)Cc2ccc(F)cc2F)no1. The average molecular weight is 252 g/mol. The average Bonchev–Trinajstić information content (AvgIpc) is 2.68. The lowest BCUT2D eigenvalue weighted by Gasteiger charge is -2.15. The molecular weight excluding hydrogens is 238 g/mol. The molecule has 0 spiro atoms. The third kappa shape index (κ3) is 3.13. The maximum atomic E-state index is 13.5. The second-order valence-electron chi connectivity index (χ2n) is 4.34. The van der Waals surface area contributed by atoms with Crippen molar-refractivity contribution in [3.05, 3.63) is 52.9 Å². The first kappa shape index (κ1) is 12.7. The van der Waals surface area contributed by atoms with Crippen LogP contribution in [-0.2, 0) is 13.1 Å². The van der Waals surface area contributed by atoms with Crippen LogP contribution in [0.5, 0.6) is 0 Å². The Morgan fingerprint density at radius 3 is 2.61 bits per heavy atom. The molecule has 2 aromatic rings. The molecule has 2 rings (SSSR count).